The van der Waals surface area contributed by atoms with Gasteiger partial charge in [-0.3, -0.25) is 4.79 Å². The van der Waals surface area contributed by atoms with E-state index in [2.05, 4.69) is 10.6 Å². The Hall–Kier alpha value is -3.02. The Balaban J connectivity index is 2.10. The summed E-state index contributed by atoms with van der Waals surface area (Å²) < 4.78 is 5.46. The fraction of sp³-hybridized carbons (Fsp3) is 0.125. The number of amides is 3. The van der Waals surface area contributed by atoms with Crippen LogP contribution in [0.4, 0.5) is 16.2 Å². The van der Waals surface area contributed by atoms with Gasteiger partial charge in [0.1, 0.15) is 5.75 Å². The highest BCUT2D eigenvalue weighted by atomic mass is 16.5. The van der Waals surface area contributed by atoms with Crippen LogP contribution in [-0.4, -0.2) is 18.5 Å². The fourth-order valence-electron chi connectivity index (χ4n) is 1.89. The maximum absolute atomic E-state index is 12.2. The molecule has 3 amide bonds. The van der Waals surface area contributed by atoms with E-state index in [1.165, 1.54) is 0 Å². The van der Waals surface area contributed by atoms with E-state index in [1.54, 1.807) is 36.4 Å². The lowest BCUT2D eigenvalue weighted by Crippen LogP contribution is -2.19. The fourth-order valence-corrected chi connectivity index (χ4v) is 1.89. The predicted molar refractivity (Wildman–Crippen MR) is 85.2 cm³/mol. The van der Waals surface area contributed by atoms with Crippen molar-refractivity contribution in [1.29, 1.82) is 0 Å². The Kier molecular flexibility index (Phi) is 4.98. The zero-order valence-electron chi connectivity index (χ0n) is 12.1. The average Bonchev–Trinajstić information content (AvgIpc) is 2.49. The molecule has 0 saturated heterocycles. The SMILES string of the molecule is CCOc1ccccc1NC(=O)c1ccc(NC(N)=O)cc1. The van der Waals surface area contributed by atoms with E-state index in [-0.39, 0.29) is 5.91 Å². The number of rotatable bonds is 5. The summed E-state index contributed by atoms with van der Waals surface area (Å²) in [5.74, 6) is 0.350. The maximum atomic E-state index is 12.2. The number of urea groups is 1. The minimum atomic E-state index is -0.650. The molecular formula is C16H17N3O3. The molecule has 0 aliphatic rings. The molecule has 0 radical (unpaired) electrons. The zero-order valence-corrected chi connectivity index (χ0v) is 12.1. The highest BCUT2D eigenvalue weighted by Crippen LogP contribution is 2.24. The first-order valence-electron chi connectivity index (χ1n) is 6.80. The average molecular weight is 299 g/mol. The molecule has 2 rings (SSSR count). The lowest BCUT2D eigenvalue weighted by atomic mass is 10.2. The number of ether oxygens (including phenoxy) is 1. The Morgan fingerprint density at radius 2 is 1.73 bits per heavy atom. The van der Waals surface area contributed by atoms with Crippen LogP contribution in [0.15, 0.2) is 48.5 Å². The van der Waals surface area contributed by atoms with Crippen molar-refractivity contribution >= 4 is 23.3 Å². The van der Waals surface area contributed by atoms with E-state index in [1.807, 2.05) is 19.1 Å². The number of hydrogen-bond donors (Lipinski definition) is 3. The van der Waals surface area contributed by atoms with Gasteiger partial charge in [0.2, 0.25) is 0 Å². The molecule has 6 heteroatoms. The minimum absolute atomic E-state index is 0.266. The third-order valence-electron chi connectivity index (χ3n) is 2.85. The molecule has 0 aliphatic heterocycles. The van der Waals surface area contributed by atoms with Crippen molar-refractivity contribution < 1.29 is 14.3 Å². The maximum Gasteiger partial charge on any atom is 0.316 e. The van der Waals surface area contributed by atoms with E-state index < -0.39 is 6.03 Å². The van der Waals surface area contributed by atoms with E-state index in [0.717, 1.165) is 0 Å². The Bertz CT molecular complexity index is 669. The number of nitrogens with one attached hydrogen (secondary N) is 2. The molecule has 0 fully saturated rings. The van der Waals surface area contributed by atoms with E-state index in [4.69, 9.17) is 10.5 Å². The van der Waals surface area contributed by atoms with Gasteiger partial charge in [-0.05, 0) is 43.3 Å². The molecule has 0 saturated carbocycles. The second kappa shape index (κ2) is 7.12. The number of primary amides is 1. The zero-order chi connectivity index (χ0) is 15.9. The van der Waals surface area contributed by atoms with Gasteiger partial charge in [-0.2, -0.15) is 0 Å². The number of para-hydroxylation sites is 2. The first-order chi connectivity index (χ1) is 10.6. The molecule has 114 valence electrons. The van der Waals surface area contributed by atoms with Crippen LogP contribution in [0.1, 0.15) is 17.3 Å². The van der Waals surface area contributed by atoms with Crippen LogP contribution in [0.25, 0.3) is 0 Å². The van der Waals surface area contributed by atoms with Crippen LogP contribution in [0.2, 0.25) is 0 Å². The van der Waals surface area contributed by atoms with Crippen LogP contribution in [0, 0.1) is 0 Å². The van der Waals surface area contributed by atoms with Crippen molar-refractivity contribution in [2.45, 2.75) is 6.92 Å². The molecule has 0 unspecified atom stereocenters. The van der Waals surface area contributed by atoms with Gasteiger partial charge in [-0.1, -0.05) is 12.1 Å². The second-order valence-electron chi connectivity index (χ2n) is 4.45. The Morgan fingerprint density at radius 3 is 2.36 bits per heavy atom. The monoisotopic (exact) mass is 299 g/mol. The molecule has 0 aromatic heterocycles. The molecule has 0 bridgehead atoms. The van der Waals surface area contributed by atoms with Gasteiger partial charge in [0.25, 0.3) is 5.91 Å². The number of benzene rings is 2. The molecule has 0 aliphatic carbocycles. The summed E-state index contributed by atoms with van der Waals surface area (Å²) in [6.07, 6.45) is 0. The molecule has 6 nitrogen and oxygen atoms in total. The van der Waals surface area contributed by atoms with E-state index in [0.29, 0.717) is 29.3 Å². The van der Waals surface area contributed by atoms with Crippen LogP contribution < -0.4 is 21.1 Å². The smallest absolute Gasteiger partial charge is 0.316 e. The van der Waals surface area contributed by atoms with Crippen LogP contribution in [0.5, 0.6) is 5.75 Å². The van der Waals surface area contributed by atoms with Crippen molar-refractivity contribution in [2.75, 3.05) is 17.2 Å². The van der Waals surface area contributed by atoms with Crippen molar-refractivity contribution in [2.24, 2.45) is 5.73 Å². The quantitative estimate of drug-likeness (QED) is 0.792. The van der Waals surface area contributed by atoms with Gasteiger partial charge in [0, 0.05) is 11.3 Å². The Labute approximate surface area is 128 Å². The summed E-state index contributed by atoms with van der Waals surface area (Å²) in [7, 11) is 0. The van der Waals surface area contributed by atoms with Crippen LogP contribution in [0.3, 0.4) is 0 Å². The highest BCUT2D eigenvalue weighted by Gasteiger charge is 2.09. The summed E-state index contributed by atoms with van der Waals surface area (Å²) in [5, 5.41) is 5.23. The van der Waals surface area contributed by atoms with Crippen LogP contribution in [-0.2, 0) is 0 Å². The van der Waals surface area contributed by atoms with E-state index in [9.17, 15) is 9.59 Å². The molecule has 2 aromatic carbocycles. The normalized spacial score (nSPS) is 9.86. The summed E-state index contributed by atoms with van der Waals surface area (Å²) >= 11 is 0. The number of nitrogens with two attached hydrogens (primary N) is 1. The second-order valence-corrected chi connectivity index (χ2v) is 4.45. The minimum Gasteiger partial charge on any atom is -0.492 e. The van der Waals surface area contributed by atoms with Gasteiger partial charge < -0.3 is 21.1 Å². The number of anilines is 2. The van der Waals surface area contributed by atoms with Gasteiger partial charge in [0.05, 0.1) is 12.3 Å². The van der Waals surface area contributed by atoms with Gasteiger partial charge in [-0.15, -0.1) is 0 Å². The summed E-state index contributed by atoms with van der Waals surface area (Å²) in [6.45, 7) is 2.39. The molecule has 2 aromatic rings. The third kappa shape index (κ3) is 3.99. The van der Waals surface area contributed by atoms with Crippen molar-refractivity contribution in [1.82, 2.24) is 0 Å². The van der Waals surface area contributed by atoms with E-state index >= 15 is 0 Å². The molecule has 0 spiro atoms. The molecule has 4 N–H and O–H groups in total. The lowest BCUT2D eigenvalue weighted by Gasteiger charge is -2.11. The topological polar surface area (TPSA) is 93.4 Å². The largest absolute Gasteiger partial charge is 0.492 e. The van der Waals surface area contributed by atoms with Crippen molar-refractivity contribution in [3.63, 3.8) is 0 Å². The van der Waals surface area contributed by atoms with Crippen molar-refractivity contribution in [3.05, 3.63) is 54.1 Å². The number of hydrogen-bond acceptors (Lipinski definition) is 3. The summed E-state index contributed by atoms with van der Waals surface area (Å²) in [6, 6.07) is 13.0. The standard InChI is InChI=1S/C16H17N3O3/c1-2-22-14-6-4-3-5-13(14)19-15(20)11-7-9-12(10-8-11)18-16(17)21/h3-10H,2H2,1H3,(H,19,20)(H3,17,18,21). The van der Waals surface area contributed by atoms with Gasteiger partial charge in [0.15, 0.2) is 0 Å². The molecule has 0 atom stereocenters. The first-order valence-corrected chi connectivity index (χ1v) is 6.80. The molecule has 0 heterocycles. The Morgan fingerprint density at radius 1 is 1.05 bits per heavy atom. The first kappa shape index (κ1) is 15.4. The molecular weight excluding hydrogens is 282 g/mol. The third-order valence-corrected chi connectivity index (χ3v) is 2.85. The number of carbonyl (C=O) groups excluding carboxylic acids is 2. The lowest BCUT2D eigenvalue weighted by molar-refractivity contribution is 0.102. The molecule has 22 heavy (non-hydrogen) atoms. The predicted octanol–water partition coefficient (Wildman–Crippen LogP) is 2.83. The van der Waals surface area contributed by atoms with Crippen LogP contribution >= 0.6 is 0 Å². The summed E-state index contributed by atoms with van der Waals surface area (Å²) in [5.41, 5.74) is 6.62. The highest BCUT2D eigenvalue weighted by molar-refractivity contribution is 6.05. The van der Waals surface area contributed by atoms with Crippen molar-refractivity contribution in [3.8, 4) is 5.75 Å². The van der Waals surface area contributed by atoms with Gasteiger partial charge >= 0.3 is 6.03 Å². The number of carbonyl (C=O) groups is 2. The summed E-state index contributed by atoms with van der Waals surface area (Å²) in [4.78, 5) is 23.0. The van der Waals surface area contributed by atoms with Gasteiger partial charge in [-0.25, -0.2) is 4.79 Å².